The van der Waals surface area contributed by atoms with Gasteiger partial charge in [0.05, 0.1) is 15.2 Å². The van der Waals surface area contributed by atoms with Crippen LogP contribution in [-0.4, -0.2) is 42.0 Å². The van der Waals surface area contributed by atoms with E-state index in [-0.39, 0.29) is 5.91 Å². The molecule has 0 bridgehead atoms. The third-order valence-electron chi connectivity index (χ3n) is 4.59. The lowest BCUT2D eigenvalue weighted by atomic mass is 10.2. The number of aryl methyl sites for hydroxylation is 1. The molecule has 0 radical (unpaired) electrons. The second kappa shape index (κ2) is 7.06. The maximum absolute atomic E-state index is 12.6. The zero-order chi connectivity index (χ0) is 18.3. The average molecular weight is 406 g/mol. The Kier molecular flexibility index (Phi) is 4.78. The van der Waals surface area contributed by atoms with Gasteiger partial charge in [-0.3, -0.25) is 4.79 Å². The van der Waals surface area contributed by atoms with Crippen LogP contribution in [0.2, 0.25) is 10.0 Å². The highest BCUT2D eigenvalue weighted by Gasteiger charge is 2.24. The molecule has 0 saturated carbocycles. The zero-order valence-corrected chi connectivity index (χ0v) is 16.5. The molecule has 0 N–H and O–H groups in total. The smallest absolute Gasteiger partial charge is 0.254 e. The molecular formula is C19H17Cl2N3OS. The fourth-order valence-corrected chi connectivity index (χ4v) is 4.69. The van der Waals surface area contributed by atoms with Crippen molar-refractivity contribution < 1.29 is 4.79 Å². The van der Waals surface area contributed by atoms with E-state index in [9.17, 15) is 4.79 Å². The lowest BCUT2D eigenvalue weighted by molar-refractivity contribution is 0.0747. The summed E-state index contributed by atoms with van der Waals surface area (Å²) >= 11 is 13.9. The quantitative estimate of drug-likeness (QED) is 0.609. The van der Waals surface area contributed by atoms with Gasteiger partial charge in [0.25, 0.3) is 5.91 Å². The van der Waals surface area contributed by atoms with Crippen LogP contribution in [-0.2, 0) is 0 Å². The molecule has 7 heteroatoms. The second-order valence-corrected chi connectivity index (χ2v) is 8.15. The van der Waals surface area contributed by atoms with Crippen molar-refractivity contribution in [2.45, 2.75) is 6.92 Å². The third-order valence-corrected chi connectivity index (χ3v) is 6.41. The molecule has 1 saturated heterocycles. The SMILES string of the molecule is Cc1ccc(Cl)c2sc(N3CCN(C(=O)c4cccc(Cl)c4)CC3)nc12. The van der Waals surface area contributed by atoms with E-state index in [4.69, 9.17) is 28.2 Å². The Bertz CT molecular complexity index is 941. The predicted octanol–water partition coefficient (Wildman–Crippen LogP) is 4.87. The molecule has 2 heterocycles. The minimum Gasteiger partial charge on any atom is -0.345 e. The molecule has 1 fully saturated rings. The van der Waals surface area contributed by atoms with Gasteiger partial charge in [-0.1, -0.05) is 46.7 Å². The normalized spacial score (nSPS) is 14.9. The molecule has 1 aromatic heterocycles. The summed E-state index contributed by atoms with van der Waals surface area (Å²) < 4.78 is 1.03. The number of amides is 1. The molecule has 134 valence electrons. The molecule has 0 spiro atoms. The van der Waals surface area contributed by atoms with E-state index in [0.29, 0.717) is 23.7 Å². The van der Waals surface area contributed by atoms with Gasteiger partial charge in [0.15, 0.2) is 5.13 Å². The van der Waals surface area contributed by atoms with Crippen molar-refractivity contribution in [1.29, 1.82) is 0 Å². The number of piperazine rings is 1. The van der Waals surface area contributed by atoms with E-state index < -0.39 is 0 Å². The number of nitrogens with zero attached hydrogens (tertiary/aromatic N) is 3. The molecule has 26 heavy (non-hydrogen) atoms. The molecule has 1 aliphatic rings. The van der Waals surface area contributed by atoms with Gasteiger partial charge in [0.2, 0.25) is 0 Å². The van der Waals surface area contributed by atoms with Crippen molar-refractivity contribution in [2.24, 2.45) is 0 Å². The number of hydrogen-bond acceptors (Lipinski definition) is 4. The molecule has 0 aliphatic carbocycles. The highest BCUT2D eigenvalue weighted by atomic mass is 35.5. The Balaban J connectivity index is 1.49. The first-order valence-corrected chi connectivity index (χ1v) is 9.95. The lowest BCUT2D eigenvalue weighted by Crippen LogP contribution is -2.48. The van der Waals surface area contributed by atoms with E-state index >= 15 is 0 Å². The van der Waals surface area contributed by atoms with Crippen molar-refractivity contribution >= 4 is 55.8 Å². The van der Waals surface area contributed by atoms with Crippen molar-refractivity contribution in [1.82, 2.24) is 9.88 Å². The minimum absolute atomic E-state index is 0.0235. The Morgan fingerprint density at radius 3 is 2.58 bits per heavy atom. The first-order valence-electron chi connectivity index (χ1n) is 8.38. The zero-order valence-electron chi connectivity index (χ0n) is 14.2. The number of anilines is 1. The van der Waals surface area contributed by atoms with Gasteiger partial charge in [-0.15, -0.1) is 0 Å². The summed E-state index contributed by atoms with van der Waals surface area (Å²) in [7, 11) is 0. The van der Waals surface area contributed by atoms with Gasteiger partial charge in [0.1, 0.15) is 0 Å². The number of halogens is 2. The summed E-state index contributed by atoms with van der Waals surface area (Å²) in [5.74, 6) is 0.0235. The van der Waals surface area contributed by atoms with Crippen molar-refractivity contribution in [3.05, 3.63) is 57.6 Å². The van der Waals surface area contributed by atoms with Gasteiger partial charge in [0, 0.05) is 36.8 Å². The van der Waals surface area contributed by atoms with Crippen molar-refractivity contribution in [3.8, 4) is 0 Å². The number of thiazole rings is 1. The van der Waals surface area contributed by atoms with E-state index in [1.807, 2.05) is 24.0 Å². The fraction of sp³-hybridized carbons (Fsp3) is 0.263. The Morgan fingerprint density at radius 1 is 1.12 bits per heavy atom. The van der Waals surface area contributed by atoms with Crippen molar-refractivity contribution in [2.75, 3.05) is 31.1 Å². The maximum Gasteiger partial charge on any atom is 0.254 e. The van der Waals surface area contributed by atoms with Gasteiger partial charge < -0.3 is 9.80 Å². The van der Waals surface area contributed by atoms with Crippen LogP contribution in [0.3, 0.4) is 0 Å². The highest BCUT2D eigenvalue weighted by molar-refractivity contribution is 7.22. The Morgan fingerprint density at radius 2 is 1.88 bits per heavy atom. The monoisotopic (exact) mass is 405 g/mol. The molecule has 4 rings (SSSR count). The molecule has 2 aromatic carbocycles. The Labute approximate surface area is 166 Å². The highest BCUT2D eigenvalue weighted by Crippen LogP contribution is 2.35. The molecular weight excluding hydrogens is 389 g/mol. The van der Waals surface area contributed by atoms with Gasteiger partial charge >= 0.3 is 0 Å². The van der Waals surface area contributed by atoms with E-state index in [2.05, 4.69) is 4.90 Å². The number of carbonyl (C=O) groups is 1. The molecule has 4 nitrogen and oxygen atoms in total. The summed E-state index contributed by atoms with van der Waals surface area (Å²) in [6, 6.07) is 11.0. The summed E-state index contributed by atoms with van der Waals surface area (Å²) in [6.07, 6.45) is 0. The van der Waals surface area contributed by atoms with Gasteiger partial charge in [-0.2, -0.15) is 0 Å². The van der Waals surface area contributed by atoms with Gasteiger partial charge in [-0.25, -0.2) is 4.98 Å². The van der Waals surface area contributed by atoms with Crippen LogP contribution in [0.15, 0.2) is 36.4 Å². The maximum atomic E-state index is 12.6. The van der Waals surface area contributed by atoms with E-state index in [1.54, 1.807) is 35.6 Å². The van der Waals surface area contributed by atoms with Crippen LogP contribution >= 0.6 is 34.5 Å². The molecule has 0 atom stereocenters. The molecule has 1 amide bonds. The van der Waals surface area contributed by atoms with Gasteiger partial charge in [-0.05, 0) is 36.8 Å². The third kappa shape index (κ3) is 3.27. The minimum atomic E-state index is 0.0235. The number of benzene rings is 2. The van der Waals surface area contributed by atoms with Crippen LogP contribution in [0.25, 0.3) is 10.2 Å². The number of hydrogen-bond donors (Lipinski definition) is 0. The second-order valence-electron chi connectivity index (χ2n) is 6.33. The molecule has 3 aromatic rings. The van der Waals surface area contributed by atoms with Crippen LogP contribution in [0.1, 0.15) is 15.9 Å². The Hall–Kier alpha value is -1.82. The van der Waals surface area contributed by atoms with Crippen LogP contribution in [0.5, 0.6) is 0 Å². The largest absolute Gasteiger partial charge is 0.345 e. The number of fused-ring (bicyclic) bond motifs is 1. The van der Waals surface area contributed by atoms with Crippen LogP contribution < -0.4 is 4.90 Å². The summed E-state index contributed by atoms with van der Waals surface area (Å²) in [5, 5.41) is 2.28. The van der Waals surface area contributed by atoms with Crippen LogP contribution in [0.4, 0.5) is 5.13 Å². The summed E-state index contributed by atoms with van der Waals surface area (Å²) in [6.45, 7) is 4.87. The molecule has 0 unspecified atom stereocenters. The summed E-state index contributed by atoms with van der Waals surface area (Å²) in [4.78, 5) is 21.5. The van der Waals surface area contributed by atoms with E-state index in [1.165, 1.54) is 0 Å². The topological polar surface area (TPSA) is 36.4 Å². The lowest BCUT2D eigenvalue weighted by Gasteiger charge is -2.34. The standard InChI is InChI=1S/C19H17Cl2N3OS/c1-12-5-6-15(21)17-16(12)22-19(26-17)24-9-7-23(8-10-24)18(25)13-3-2-4-14(20)11-13/h2-6,11H,7-10H2,1H3. The first kappa shape index (κ1) is 17.6. The number of aromatic nitrogens is 1. The number of carbonyl (C=O) groups excluding carboxylic acids is 1. The van der Waals surface area contributed by atoms with E-state index in [0.717, 1.165) is 39.0 Å². The first-order chi connectivity index (χ1) is 12.5. The molecule has 1 aliphatic heterocycles. The number of rotatable bonds is 2. The fourth-order valence-electron chi connectivity index (χ4n) is 3.13. The van der Waals surface area contributed by atoms with Crippen LogP contribution in [0, 0.1) is 6.92 Å². The predicted molar refractivity (Wildman–Crippen MR) is 109 cm³/mol. The summed E-state index contributed by atoms with van der Waals surface area (Å²) in [5.41, 5.74) is 2.73. The average Bonchev–Trinajstić information content (AvgIpc) is 3.11. The van der Waals surface area contributed by atoms with Crippen molar-refractivity contribution in [3.63, 3.8) is 0 Å².